The van der Waals surface area contributed by atoms with Gasteiger partial charge < -0.3 is 10.7 Å². The molecule has 0 atom stereocenters. The summed E-state index contributed by atoms with van der Waals surface area (Å²) in [5, 5.41) is 5.10. The largest absolute Gasteiger partial charge is 0.396 e. The maximum Gasteiger partial charge on any atom is 0.279 e. The van der Waals surface area contributed by atoms with E-state index in [4.69, 9.17) is 5.73 Å². The van der Waals surface area contributed by atoms with Crippen molar-refractivity contribution in [3.63, 3.8) is 0 Å². The lowest BCUT2D eigenvalue weighted by Gasteiger charge is -2.04. The van der Waals surface area contributed by atoms with Gasteiger partial charge in [-0.2, -0.15) is 9.78 Å². The molecule has 2 aromatic heterocycles. The molecule has 0 aliphatic rings. The lowest BCUT2D eigenvalue weighted by molar-refractivity contribution is 0.0944. The number of carbonyl (C=O) groups is 1. The summed E-state index contributed by atoms with van der Waals surface area (Å²) < 4.78 is 1.37. The van der Waals surface area contributed by atoms with Gasteiger partial charge >= 0.3 is 0 Å². The average molecular weight is 254 g/mol. The number of aromatic nitrogens is 3. The minimum Gasteiger partial charge on any atom is -0.396 e. The topological polar surface area (TPSA) is 76.7 Å². The molecule has 0 aliphatic carbocycles. The number of fused-ring (bicyclic) bond motifs is 1. The zero-order valence-electron chi connectivity index (χ0n) is 10.8. The summed E-state index contributed by atoms with van der Waals surface area (Å²) in [4.78, 5) is 15.7. The number of anilines is 1. The Hall–Kier alpha value is -2.56. The van der Waals surface area contributed by atoms with E-state index in [2.05, 4.69) is 10.1 Å². The van der Waals surface area contributed by atoms with Crippen molar-refractivity contribution in [1.82, 2.24) is 14.8 Å². The molecule has 0 aliphatic heterocycles. The van der Waals surface area contributed by atoms with Gasteiger partial charge in [0.2, 0.25) is 0 Å². The van der Waals surface area contributed by atoms with E-state index >= 15 is 0 Å². The number of carbonyl (C=O) groups excluding carboxylic acids is 1. The number of rotatable bonds is 1. The summed E-state index contributed by atoms with van der Waals surface area (Å²) in [6.45, 7) is 3.59. The van der Waals surface area contributed by atoms with E-state index in [1.807, 2.05) is 24.4 Å². The standard InChI is InChI=1S/C14H14N4O/c1-8-13(15)9(2)18(17-8)14(19)11-4-3-5-12-10(11)6-7-16-12/h3-7,16H,15H2,1-2H3. The molecular formula is C14H14N4O. The molecule has 0 unspecified atom stereocenters. The molecule has 3 N–H and O–H groups in total. The first-order chi connectivity index (χ1) is 9.09. The van der Waals surface area contributed by atoms with Crippen molar-refractivity contribution in [2.24, 2.45) is 0 Å². The Morgan fingerprint density at radius 1 is 1.32 bits per heavy atom. The van der Waals surface area contributed by atoms with Crippen molar-refractivity contribution in [3.05, 3.63) is 47.4 Å². The van der Waals surface area contributed by atoms with Crippen LogP contribution in [0.1, 0.15) is 21.7 Å². The fourth-order valence-electron chi connectivity index (χ4n) is 2.24. The minimum atomic E-state index is -0.164. The number of nitrogens with two attached hydrogens (primary N) is 1. The van der Waals surface area contributed by atoms with Crippen molar-refractivity contribution in [3.8, 4) is 0 Å². The molecule has 19 heavy (non-hydrogen) atoms. The number of nitrogens with zero attached hydrogens (tertiary/aromatic N) is 2. The minimum absolute atomic E-state index is 0.164. The third-order valence-electron chi connectivity index (χ3n) is 3.37. The Morgan fingerprint density at radius 3 is 2.79 bits per heavy atom. The lowest BCUT2D eigenvalue weighted by Crippen LogP contribution is -2.15. The van der Waals surface area contributed by atoms with Crippen LogP contribution in [0.3, 0.4) is 0 Å². The number of benzene rings is 1. The molecule has 0 radical (unpaired) electrons. The molecule has 2 heterocycles. The van der Waals surface area contributed by atoms with Crippen LogP contribution in [0.15, 0.2) is 30.5 Å². The summed E-state index contributed by atoms with van der Waals surface area (Å²) in [6.07, 6.45) is 1.82. The van der Waals surface area contributed by atoms with E-state index < -0.39 is 0 Å². The van der Waals surface area contributed by atoms with E-state index in [0.29, 0.717) is 22.6 Å². The van der Waals surface area contributed by atoms with Crippen LogP contribution in [0.4, 0.5) is 5.69 Å². The van der Waals surface area contributed by atoms with Crippen LogP contribution in [0.2, 0.25) is 0 Å². The van der Waals surface area contributed by atoms with E-state index in [0.717, 1.165) is 10.9 Å². The van der Waals surface area contributed by atoms with Gasteiger partial charge in [-0.25, -0.2) is 0 Å². The Labute approximate surface area is 110 Å². The number of hydrogen-bond donors (Lipinski definition) is 2. The summed E-state index contributed by atoms with van der Waals surface area (Å²) in [6, 6.07) is 7.46. The van der Waals surface area contributed by atoms with Crippen molar-refractivity contribution >= 4 is 22.5 Å². The summed E-state index contributed by atoms with van der Waals surface area (Å²) in [5.41, 5.74) is 9.33. The molecule has 0 spiro atoms. The van der Waals surface area contributed by atoms with Crippen molar-refractivity contribution in [2.45, 2.75) is 13.8 Å². The maximum absolute atomic E-state index is 12.6. The van der Waals surface area contributed by atoms with Gasteiger partial charge in [0.15, 0.2) is 0 Å². The van der Waals surface area contributed by atoms with Crippen LogP contribution >= 0.6 is 0 Å². The zero-order valence-corrected chi connectivity index (χ0v) is 10.8. The van der Waals surface area contributed by atoms with Gasteiger partial charge in [0.05, 0.1) is 22.6 Å². The van der Waals surface area contributed by atoms with Gasteiger partial charge in [0.25, 0.3) is 5.91 Å². The van der Waals surface area contributed by atoms with E-state index in [-0.39, 0.29) is 5.91 Å². The van der Waals surface area contributed by atoms with Crippen molar-refractivity contribution < 1.29 is 4.79 Å². The molecule has 0 fully saturated rings. The second-order valence-electron chi connectivity index (χ2n) is 4.55. The van der Waals surface area contributed by atoms with Gasteiger partial charge in [-0.05, 0) is 32.0 Å². The van der Waals surface area contributed by atoms with Crippen molar-refractivity contribution in [2.75, 3.05) is 5.73 Å². The van der Waals surface area contributed by atoms with Gasteiger partial charge in [-0.1, -0.05) is 6.07 Å². The predicted molar refractivity (Wildman–Crippen MR) is 74.1 cm³/mol. The first kappa shape index (κ1) is 11.5. The van der Waals surface area contributed by atoms with Crippen LogP contribution in [0.25, 0.3) is 10.9 Å². The zero-order chi connectivity index (χ0) is 13.6. The van der Waals surface area contributed by atoms with Gasteiger partial charge in [0.1, 0.15) is 0 Å². The summed E-state index contributed by atoms with van der Waals surface area (Å²) >= 11 is 0. The number of nitrogen functional groups attached to an aromatic ring is 1. The van der Waals surface area contributed by atoms with Crippen LogP contribution in [-0.4, -0.2) is 20.7 Å². The Kier molecular flexibility index (Phi) is 2.41. The van der Waals surface area contributed by atoms with Crippen LogP contribution in [0, 0.1) is 13.8 Å². The highest BCUT2D eigenvalue weighted by molar-refractivity contribution is 6.07. The first-order valence-electron chi connectivity index (χ1n) is 6.02. The van der Waals surface area contributed by atoms with Gasteiger partial charge in [0, 0.05) is 17.1 Å². The number of aromatic amines is 1. The molecule has 0 bridgehead atoms. The normalized spacial score (nSPS) is 11.1. The molecule has 1 aromatic carbocycles. The number of H-pyrrole nitrogens is 1. The number of hydrogen-bond acceptors (Lipinski definition) is 3. The third kappa shape index (κ3) is 1.62. The third-order valence-corrected chi connectivity index (χ3v) is 3.37. The fourth-order valence-corrected chi connectivity index (χ4v) is 2.24. The Morgan fingerprint density at radius 2 is 2.11 bits per heavy atom. The van der Waals surface area contributed by atoms with Gasteiger partial charge in [-0.3, -0.25) is 4.79 Å². The predicted octanol–water partition coefficient (Wildman–Crippen LogP) is 2.25. The van der Waals surface area contributed by atoms with Crippen LogP contribution in [0.5, 0.6) is 0 Å². The van der Waals surface area contributed by atoms with Crippen molar-refractivity contribution in [1.29, 1.82) is 0 Å². The average Bonchev–Trinajstić information content (AvgIpc) is 2.98. The highest BCUT2D eigenvalue weighted by Crippen LogP contribution is 2.21. The lowest BCUT2D eigenvalue weighted by atomic mass is 10.1. The summed E-state index contributed by atoms with van der Waals surface area (Å²) in [5.74, 6) is -0.164. The molecule has 3 aromatic rings. The molecule has 0 amide bonds. The monoisotopic (exact) mass is 254 g/mol. The quantitative estimate of drug-likeness (QED) is 0.699. The fraction of sp³-hybridized carbons (Fsp3) is 0.143. The maximum atomic E-state index is 12.6. The van der Waals surface area contributed by atoms with Crippen LogP contribution < -0.4 is 5.73 Å². The highest BCUT2D eigenvalue weighted by Gasteiger charge is 2.18. The van der Waals surface area contributed by atoms with Crippen LogP contribution in [-0.2, 0) is 0 Å². The number of nitrogens with one attached hydrogen (secondary N) is 1. The second-order valence-corrected chi connectivity index (χ2v) is 4.55. The van der Waals surface area contributed by atoms with E-state index in [1.165, 1.54) is 4.68 Å². The molecule has 0 saturated heterocycles. The molecular weight excluding hydrogens is 240 g/mol. The Bertz CT molecular complexity index is 782. The van der Waals surface area contributed by atoms with E-state index in [9.17, 15) is 4.79 Å². The molecule has 96 valence electrons. The summed E-state index contributed by atoms with van der Waals surface area (Å²) in [7, 11) is 0. The highest BCUT2D eigenvalue weighted by atomic mass is 16.2. The van der Waals surface area contributed by atoms with E-state index in [1.54, 1.807) is 19.9 Å². The molecule has 5 nitrogen and oxygen atoms in total. The first-order valence-corrected chi connectivity index (χ1v) is 6.02. The second kappa shape index (κ2) is 3.98. The molecule has 3 rings (SSSR count). The molecule has 0 saturated carbocycles. The Balaban J connectivity index is 2.19. The van der Waals surface area contributed by atoms with Gasteiger partial charge in [-0.15, -0.1) is 0 Å². The smallest absolute Gasteiger partial charge is 0.279 e. The molecule has 5 heteroatoms. The number of aryl methyl sites for hydroxylation is 1. The SMILES string of the molecule is Cc1nn(C(=O)c2cccc3[nH]ccc23)c(C)c1N.